The molecule has 0 bridgehead atoms. The molecule has 0 aliphatic carbocycles. The van der Waals surface area contributed by atoms with Gasteiger partial charge in [-0.15, -0.1) is 0 Å². The van der Waals surface area contributed by atoms with Gasteiger partial charge in [-0.05, 0) is 49.8 Å². The van der Waals surface area contributed by atoms with Gasteiger partial charge in [0.05, 0.1) is 0 Å². The smallest absolute Gasteiger partial charge is 0.246 e. The number of likely N-dealkylation sites (tertiary alicyclic amines) is 2. The van der Waals surface area contributed by atoms with Gasteiger partial charge in [-0.3, -0.25) is 9.59 Å². The van der Waals surface area contributed by atoms with E-state index in [2.05, 4.69) is 19.1 Å². The number of rotatable bonds is 3. The summed E-state index contributed by atoms with van der Waals surface area (Å²) in [4.78, 5) is 28.5. The summed E-state index contributed by atoms with van der Waals surface area (Å²) in [6, 6.07) is 8.32. The Labute approximate surface area is 144 Å². The van der Waals surface area contributed by atoms with E-state index in [4.69, 9.17) is 0 Å². The van der Waals surface area contributed by atoms with Crippen LogP contribution >= 0.6 is 0 Å². The van der Waals surface area contributed by atoms with E-state index in [0.717, 1.165) is 43.5 Å². The van der Waals surface area contributed by atoms with Crippen LogP contribution in [-0.2, 0) is 9.59 Å². The van der Waals surface area contributed by atoms with Crippen LogP contribution in [0.4, 0.5) is 0 Å². The van der Waals surface area contributed by atoms with Gasteiger partial charge in [0.1, 0.15) is 0 Å². The van der Waals surface area contributed by atoms with Crippen molar-refractivity contribution >= 4 is 17.4 Å². The van der Waals surface area contributed by atoms with E-state index in [1.54, 1.807) is 6.08 Å². The molecule has 0 N–H and O–H groups in total. The number of hydrogen-bond donors (Lipinski definition) is 0. The zero-order valence-corrected chi connectivity index (χ0v) is 14.6. The summed E-state index contributed by atoms with van der Waals surface area (Å²) in [5.41, 5.74) is 3.30. The first kappa shape index (κ1) is 16.7. The summed E-state index contributed by atoms with van der Waals surface area (Å²) in [6.45, 7) is 6.36. The lowest BCUT2D eigenvalue weighted by Crippen LogP contribution is -2.49. The molecule has 2 amide bonds. The fraction of sp³-hybridized carbons (Fsp3) is 0.500. The molecule has 0 unspecified atom stereocenters. The fourth-order valence-electron chi connectivity index (χ4n) is 3.83. The average molecular weight is 326 g/mol. The first-order valence-electron chi connectivity index (χ1n) is 8.89. The molecule has 1 atom stereocenters. The van der Waals surface area contributed by atoms with Gasteiger partial charge in [-0.1, -0.05) is 24.3 Å². The predicted molar refractivity (Wildman–Crippen MR) is 95.4 cm³/mol. The second-order valence-electron chi connectivity index (χ2n) is 6.91. The highest BCUT2D eigenvalue weighted by atomic mass is 16.2. The first-order chi connectivity index (χ1) is 11.6. The molecule has 2 aliphatic heterocycles. The largest absolute Gasteiger partial charge is 0.338 e. The van der Waals surface area contributed by atoms with Crippen molar-refractivity contribution in [1.29, 1.82) is 0 Å². The van der Waals surface area contributed by atoms with Crippen LogP contribution in [0.1, 0.15) is 43.7 Å². The maximum Gasteiger partial charge on any atom is 0.246 e. The minimum absolute atomic E-state index is 0.0621. The molecule has 2 saturated heterocycles. The summed E-state index contributed by atoms with van der Waals surface area (Å²) in [5, 5.41) is 0. The van der Waals surface area contributed by atoms with Gasteiger partial charge in [0.15, 0.2) is 0 Å². The summed E-state index contributed by atoms with van der Waals surface area (Å²) >= 11 is 0. The molecule has 4 heteroatoms. The van der Waals surface area contributed by atoms with Crippen molar-refractivity contribution in [3.63, 3.8) is 0 Å². The number of carbonyl (C=O) groups is 2. The van der Waals surface area contributed by atoms with Crippen LogP contribution in [0.15, 0.2) is 30.3 Å². The van der Waals surface area contributed by atoms with E-state index >= 15 is 0 Å². The van der Waals surface area contributed by atoms with Gasteiger partial charge in [0, 0.05) is 38.2 Å². The molecule has 0 aromatic heterocycles. The Balaban J connectivity index is 1.69. The van der Waals surface area contributed by atoms with Crippen LogP contribution in [0.3, 0.4) is 0 Å². The van der Waals surface area contributed by atoms with Crippen molar-refractivity contribution < 1.29 is 9.59 Å². The van der Waals surface area contributed by atoms with Crippen molar-refractivity contribution in [3.8, 4) is 0 Å². The van der Waals surface area contributed by atoms with E-state index in [-0.39, 0.29) is 17.9 Å². The number of allylic oxidation sites excluding steroid dienone is 1. The minimum atomic E-state index is 0.0621. The number of benzene rings is 1. The highest BCUT2D eigenvalue weighted by Crippen LogP contribution is 2.23. The summed E-state index contributed by atoms with van der Waals surface area (Å²) in [6.07, 6.45) is 5.34. The molecule has 128 valence electrons. The highest BCUT2D eigenvalue weighted by molar-refractivity contribution is 5.95. The standard InChI is InChI=1S/C20H26N2O2/c1-15-7-3-4-9-18(15)16(2)13-20(24)21-11-5-8-17(14-21)22-12-6-10-19(22)23/h3-4,7,9,13,17H,5-6,8,10-12,14H2,1-2H3/b16-13-/t17-/m1/s1. The van der Waals surface area contributed by atoms with Crippen molar-refractivity contribution in [2.45, 2.75) is 45.6 Å². The molecule has 2 aliphatic rings. The third-order valence-corrected chi connectivity index (χ3v) is 5.17. The third-order valence-electron chi connectivity index (χ3n) is 5.17. The molecule has 4 nitrogen and oxygen atoms in total. The normalized spacial score (nSPS) is 22.2. The molecule has 0 spiro atoms. The molecule has 1 aromatic carbocycles. The average Bonchev–Trinajstić information content (AvgIpc) is 3.01. The topological polar surface area (TPSA) is 40.6 Å². The van der Waals surface area contributed by atoms with E-state index in [0.29, 0.717) is 13.0 Å². The Kier molecular flexibility index (Phi) is 5.03. The molecule has 2 heterocycles. The lowest BCUT2D eigenvalue weighted by atomic mass is 10.0. The van der Waals surface area contributed by atoms with E-state index in [1.165, 1.54) is 5.56 Å². The maximum absolute atomic E-state index is 12.7. The fourth-order valence-corrected chi connectivity index (χ4v) is 3.83. The zero-order chi connectivity index (χ0) is 17.1. The number of nitrogens with zero attached hydrogens (tertiary/aromatic N) is 2. The Morgan fingerprint density at radius 2 is 2.00 bits per heavy atom. The predicted octanol–water partition coefficient (Wildman–Crippen LogP) is 3.01. The van der Waals surface area contributed by atoms with Gasteiger partial charge < -0.3 is 9.80 Å². The maximum atomic E-state index is 12.7. The lowest BCUT2D eigenvalue weighted by molar-refractivity contribution is -0.134. The molecule has 0 saturated carbocycles. The van der Waals surface area contributed by atoms with Gasteiger partial charge in [-0.25, -0.2) is 0 Å². The summed E-state index contributed by atoms with van der Waals surface area (Å²) in [5.74, 6) is 0.313. The third kappa shape index (κ3) is 3.53. The Bertz CT molecular complexity index is 665. The highest BCUT2D eigenvalue weighted by Gasteiger charge is 2.32. The lowest BCUT2D eigenvalue weighted by Gasteiger charge is -2.37. The zero-order valence-electron chi connectivity index (χ0n) is 14.6. The number of hydrogen-bond acceptors (Lipinski definition) is 2. The molecule has 1 aromatic rings. The van der Waals surface area contributed by atoms with Crippen molar-refractivity contribution in [3.05, 3.63) is 41.5 Å². The molecule has 3 rings (SSSR count). The first-order valence-corrected chi connectivity index (χ1v) is 8.89. The van der Waals surface area contributed by atoms with Gasteiger partial charge in [0.2, 0.25) is 11.8 Å². The van der Waals surface area contributed by atoms with Crippen LogP contribution in [-0.4, -0.2) is 47.3 Å². The molecule has 24 heavy (non-hydrogen) atoms. The second-order valence-corrected chi connectivity index (χ2v) is 6.91. The van der Waals surface area contributed by atoms with Gasteiger partial charge >= 0.3 is 0 Å². The second kappa shape index (κ2) is 7.20. The Morgan fingerprint density at radius 3 is 2.71 bits per heavy atom. The Morgan fingerprint density at radius 1 is 1.21 bits per heavy atom. The summed E-state index contributed by atoms with van der Waals surface area (Å²) in [7, 11) is 0. The minimum Gasteiger partial charge on any atom is -0.338 e. The van der Waals surface area contributed by atoms with Crippen molar-refractivity contribution in [1.82, 2.24) is 9.80 Å². The molecule has 0 radical (unpaired) electrons. The molecular weight excluding hydrogens is 300 g/mol. The molecular formula is C20H26N2O2. The number of amides is 2. The van der Waals surface area contributed by atoms with Crippen molar-refractivity contribution in [2.24, 2.45) is 0 Å². The van der Waals surface area contributed by atoms with E-state index < -0.39 is 0 Å². The van der Waals surface area contributed by atoms with Crippen molar-refractivity contribution in [2.75, 3.05) is 19.6 Å². The number of aryl methyl sites for hydroxylation is 1. The van der Waals surface area contributed by atoms with Crippen LogP contribution in [0, 0.1) is 6.92 Å². The van der Waals surface area contributed by atoms with Crippen LogP contribution in [0.2, 0.25) is 0 Å². The van der Waals surface area contributed by atoms with E-state index in [9.17, 15) is 9.59 Å². The van der Waals surface area contributed by atoms with Crippen LogP contribution in [0.25, 0.3) is 5.57 Å². The summed E-state index contributed by atoms with van der Waals surface area (Å²) < 4.78 is 0. The van der Waals surface area contributed by atoms with Crippen LogP contribution < -0.4 is 0 Å². The SMILES string of the molecule is C/C(=C/C(=O)N1CCC[C@@H](N2CCCC2=O)C1)c1ccccc1C. The Hall–Kier alpha value is -2.10. The van der Waals surface area contributed by atoms with Gasteiger partial charge in [-0.2, -0.15) is 0 Å². The molecule has 2 fully saturated rings. The number of carbonyl (C=O) groups excluding carboxylic acids is 2. The quantitative estimate of drug-likeness (QED) is 0.801. The van der Waals surface area contributed by atoms with Crippen LogP contribution in [0.5, 0.6) is 0 Å². The van der Waals surface area contributed by atoms with Gasteiger partial charge in [0.25, 0.3) is 0 Å². The van der Waals surface area contributed by atoms with E-state index in [1.807, 2.05) is 28.9 Å². The monoisotopic (exact) mass is 326 g/mol. The number of piperidine rings is 1.